The minimum absolute atomic E-state index is 0.700. The van der Waals surface area contributed by atoms with Crippen molar-refractivity contribution in [2.75, 3.05) is 18.5 Å². The molecule has 0 saturated carbocycles. The Hall–Kier alpha value is -1.000. The van der Waals surface area contributed by atoms with Crippen molar-refractivity contribution in [3.8, 4) is 5.75 Å². The third-order valence-corrected chi connectivity index (χ3v) is 4.37. The third kappa shape index (κ3) is 3.12. The quantitative estimate of drug-likeness (QED) is 0.826. The van der Waals surface area contributed by atoms with E-state index in [1.807, 2.05) is 13.0 Å². The number of aromatic nitrogens is 1. The van der Waals surface area contributed by atoms with E-state index in [1.165, 1.54) is 0 Å². The summed E-state index contributed by atoms with van der Waals surface area (Å²) in [5, 5.41) is 4.99. The number of halogens is 1. The van der Waals surface area contributed by atoms with Crippen LogP contribution in [0.1, 0.15) is 32.3 Å². The van der Waals surface area contributed by atoms with Crippen LogP contribution in [0.25, 0.3) is 10.2 Å². The zero-order valence-electron chi connectivity index (χ0n) is 11.5. The number of hydrogen-bond acceptors (Lipinski definition) is 4. The molecule has 1 N–H and O–H groups in total. The highest BCUT2D eigenvalue weighted by Gasteiger charge is 2.14. The molecule has 0 aliphatic carbocycles. The van der Waals surface area contributed by atoms with Crippen LogP contribution in [0.5, 0.6) is 5.75 Å². The summed E-state index contributed by atoms with van der Waals surface area (Å²) < 4.78 is 6.79. The van der Waals surface area contributed by atoms with Crippen molar-refractivity contribution >= 4 is 38.3 Å². The number of benzene rings is 1. The Kier molecular flexibility index (Phi) is 4.88. The molecule has 0 aliphatic rings. The first-order chi connectivity index (χ1) is 9.17. The predicted octanol–water partition coefficient (Wildman–Crippen LogP) is 4.87. The van der Waals surface area contributed by atoms with Crippen LogP contribution in [0, 0.1) is 6.92 Å². The first-order valence-electron chi connectivity index (χ1n) is 6.63. The number of fused-ring (bicyclic) bond motifs is 1. The van der Waals surface area contributed by atoms with E-state index >= 15 is 0 Å². The Labute approximate surface area is 122 Å². The smallest absolute Gasteiger partial charge is 0.183 e. The summed E-state index contributed by atoms with van der Waals surface area (Å²) in [5.74, 6) is 0.833. The van der Waals surface area contributed by atoms with Crippen molar-refractivity contribution in [1.29, 1.82) is 0 Å². The average Bonchev–Trinajstić information content (AvgIpc) is 2.83. The lowest BCUT2D eigenvalue weighted by molar-refractivity contribution is 0.320. The molecule has 2 aromatic rings. The fraction of sp³-hybridized carbons (Fsp3) is 0.500. The van der Waals surface area contributed by atoms with E-state index in [2.05, 4.69) is 24.1 Å². The molecule has 0 spiro atoms. The topological polar surface area (TPSA) is 34.2 Å². The average molecular weight is 299 g/mol. The molecule has 5 heteroatoms. The van der Waals surface area contributed by atoms with Gasteiger partial charge in [0.2, 0.25) is 0 Å². The van der Waals surface area contributed by atoms with Crippen molar-refractivity contribution < 1.29 is 4.74 Å². The summed E-state index contributed by atoms with van der Waals surface area (Å²) >= 11 is 7.96. The highest BCUT2D eigenvalue weighted by molar-refractivity contribution is 7.22. The molecule has 104 valence electrons. The van der Waals surface area contributed by atoms with Gasteiger partial charge < -0.3 is 10.1 Å². The van der Waals surface area contributed by atoms with E-state index in [4.69, 9.17) is 16.3 Å². The zero-order valence-corrected chi connectivity index (χ0v) is 13.1. The van der Waals surface area contributed by atoms with Gasteiger partial charge in [-0.3, -0.25) is 0 Å². The maximum absolute atomic E-state index is 6.37. The number of thiazole rings is 1. The fourth-order valence-electron chi connectivity index (χ4n) is 1.77. The van der Waals surface area contributed by atoms with Crippen LogP contribution in [-0.4, -0.2) is 18.1 Å². The molecule has 1 aromatic carbocycles. The molecule has 0 fully saturated rings. The lowest BCUT2D eigenvalue weighted by Gasteiger charge is -2.07. The molecule has 0 amide bonds. The van der Waals surface area contributed by atoms with E-state index in [-0.39, 0.29) is 0 Å². The maximum atomic E-state index is 6.37. The Bertz CT molecular complexity index is 568. The molecule has 3 nitrogen and oxygen atoms in total. The Balaban J connectivity index is 2.43. The van der Waals surface area contributed by atoms with Gasteiger partial charge in [-0.05, 0) is 31.4 Å². The van der Waals surface area contributed by atoms with Gasteiger partial charge in [0.05, 0.1) is 16.3 Å². The summed E-state index contributed by atoms with van der Waals surface area (Å²) in [6, 6.07) is 1.98. The monoisotopic (exact) mass is 298 g/mol. The highest BCUT2D eigenvalue weighted by atomic mass is 35.5. The summed E-state index contributed by atoms with van der Waals surface area (Å²) in [6.45, 7) is 7.84. The predicted molar refractivity (Wildman–Crippen MR) is 83.9 cm³/mol. The summed E-state index contributed by atoms with van der Waals surface area (Å²) in [6.07, 6.45) is 2.05. The van der Waals surface area contributed by atoms with E-state index < -0.39 is 0 Å². The largest absolute Gasteiger partial charge is 0.491 e. The van der Waals surface area contributed by atoms with Crippen LogP contribution in [0.2, 0.25) is 5.02 Å². The second kappa shape index (κ2) is 6.44. The van der Waals surface area contributed by atoms with Gasteiger partial charge in [-0.25, -0.2) is 4.98 Å². The van der Waals surface area contributed by atoms with Crippen LogP contribution in [-0.2, 0) is 0 Å². The zero-order chi connectivity index (χ0) is 13.8. The first-order valence-corrected chi connectivity index (χ1v) is 7.83. The first kappa shape index (κ1) is 14.4. The number of aryl methyl sites for hydroxylation is 1. The highest BCUT2D eigenvalue weighted by Crippen LogP contribution is 2.39. The minimum atomic E-state index is 0.700. The molecule has 1 heterocycles. The molecular formula is C14H19ClN2OS. The molecule has 1 aromatic heterocycles. The summed E-state index contributed by atoms with van der Waals surface area (Å²) in [4.78, 5) is 4.60. The van der Waals surface area contributed by atoms with Crippen LogP contribution in [0.3, 0.4) is 0 Å². The number of ether oxygens (including phenoxy) is 1. The van der Waals surface area contributed by atoms with E-state index in [0.29, 0.717) is 6.61 Å². The SMILES string of the molecule is CCCNc1nc2c(OCCC)cc(C)c(Cl)c2s1. The minimum Gasteiger partial charge on any atom is -0.491 e. The Morgan fingerprint density at radius 2 is 2.16 bits per heavy atom. The molecule has 0 radical (unpaired) electrons. The van der Waals surface area contributed by atoms with Gasteiger partial charge in [-0.2, -0.15) is 0 Å². The van der Waals surface area contributed by atoms with E-state index in [0.717, 1.165) is 51.1 Å². The lowest BCUT2D eigenvalue weighted by atomic mass is 10.2. The van der Waals surface area contributed by atoms with Crippen LogP contribution < -0.4 is 10.1 Å². The third-order valence-electron chi connectivity index (χ3n) is 2.74. The van der Waals surface area contributed by atoms with Gasteiger partial charge >= 0.3 is 0 Å². The number of anilines is 1. The van der Waals surface area contributed by atoms with Gasteiger partial charge in [-0.1, -0.05) is 36.8 Å². The molecule has 2 rings (SSSR count). The van der Waals surface area contributed by atoms with Crippen molar-refractivity contribution in [3.05, 3.63) is 16.7 Å². The van der Waals surface area contributed by atoms with Crippen LogP contribution >= 0.6 is 22.9 Å². The Morgan fingerprint density at radius 3 is 2.84 bits per heavy atom. The molecule has 0 bridgehead atoms. The molecular weight excluding hydrogens is 280 g/mol. The van der Waals surface area contributed by atoms with Gasteiger partial charge in [0.1, 0.15) is 11.3 Å². The second-order valence-corrected chi connectivity index (χ2v) is 5.85. The maximum Gasteiger partial charge on any atom is 0.183 e. The number of hydrogen-bond donors (Lipinski definition) is 1. The number of rotatable bonds is 6. The van der Waals surface area contributed by atoms with Gasteiger partial charge in [0, 0.05) is 6.54 Å². The molecule has 19 heavy (non-hydrogen) atoms. The van der Waals surface area contributed by atoms with Gasteiger partial charge in [0.25, 0.3) is 0 Å². The molecule has 0 aliphatic heterocycles. The molecule has 0 atom stereocenters. The fourth-order valence-corrected chi connectivity index (χ4v) is 3.03. The lowest BCUT2D eigenvalue weighted by Crippen LogP contribution is -1.99. The van der Waals surface area contributed by atoms with E-state index in [1.54, 1.807) is 11.3 Å². The summed E-state index contributed by atoms with van der Waals surface area (Å²) in [5.41, 5.74) is 1.90. The normalized spacial score (nSPS) is 10.9. The van der Waals surface area contributed by atoms with Crippen molar-refractivity contribution in [1.82, 2.24) is 4.98 Å². The number of nitrogens with one attached hydrogen (secondary N) is 1. The van der Waals surface area contributed by atoms with Crippen LogP contribution in [0.15, 0.2) is 6.07 Å². The second-order valence-electron chi connectivity index (χ2n) is 4.48. The van der Waals surface area contributed by atoms with Crippen molar-refractivity contribution in [3.63, 3.8) is 0 Å². The number of nitrogens with zero attached hydrogens (tertiary/aromatic N) is 1. The van der Waals surface area contributed by atoms with Crippen LogP contribution in [0.4, 0.5) is 5.13 Å². The van der Waals surface area contributed by atoms with Gasteiger partial charge in [0.15, 0.2) is 5.13 Å². The van der Waals surface area contributed by atoms with Crippen molar-refractivity contribution in [2.24, 2.45) is 0 Å². The van der Waals surface area contributed by atoms with Crippen molar-refractivity contribution in [2.45, 2.75) is 33.6 Å². The molecule has 0 unspecified atom stereocenters. The van der Waals surface area contributed by atoms with E-state index in [9.17, 15) is 0 Å². The standard InChI is InChI=1S/C14H19ClN2OS/c1-4-6-16-14-17-12-10(18-7-5-2)8-9(3)11(15)13(12)19-14/h8H,4-7H2,1-3H3,(H,16,17). The summed E-state index contributed by atoms with van der Waals surface area (Å²) in [7, 11) is 0. The van der Waals surface area contributed by atoms with Gasteiger partial charge in [-0.15, -0.1) is 0 Å². The molecule has 0 saturated heterocycles. The Morgan fingerprint density at radius 1 is 1.37 bits per heavy atom.